The van der Waals surface area contributed by atoms with Gasteiger partial charge < -0.3 is 15.2 Å². The van der Waals surface area contributed by atoms with Crippen LogP contribution in [-0.4, -0.2) is 21.4 Å². The van der Waals surface area contributed by atoms with E-state index in [0.29, 0.717) is 5.69 Å². The normalized spacial score (nSPS) is 11.5. The summed E-state index contributed by atoms with van der Waals surface area (Å²) >= 11 is 0. The molecule has 1 aromatic carbocycles. The van der Waals surface area contributed by atoms with Gasteiger partial charge in [0.05, 0.1) is 17.3 Å². The van der Waals surface area contributed by atoms with Crippen molar-refractivity contribution in [1.82, 2.24) is 20.2 Å². The number of hydrogen-bond donors (Lipinski definition) is 2. The summed E-state index contributed by atoms with van der Waals surface area (Å²) in [6.07, 6.45) is 2.99. The second-order valence-corrected chi connectivity index (χ2v) is 6.74. The second-order valence-electron chi connectivity index (χ2n) is 6.74. The third-order valence-electron chi connectivity index (χ3n) is 4.44. The number of carbonyl (C=O) groups excluding carboxylic acids is 2. The molecule has 3 rings (SSSR count). The average molecular weight is 408 g/mol. The Kier molecular flexibility index (Phi) is 6.69. The number of benzene rings is 1. The zero-order chi connectivity index (χ0) is 21.5. The van der Waals surface area contributed by atoms with Gasteiger partial charge in [0.1, 0.15) is 12.4 Å². The van der Waals surface area contributed by atoms with Gasteiger partial charge in [0.15, 0.2) is 0 Å². The van der Waals surface area contributed by atoms with Gasteiger partial charge in [-0.1, -0.05) is 18.2 Å². The van der Waals surface area contributed by atoms with Crippen LogP contribution < -0.4 is 16.2 Å². The van der Waals surface area contributed by atoms with Crippen LogP contribution in [0.2, 0.25) is 0 Å². The molecule has 1 atom stereocenters. The zero-order valence-electron chi connectivity index (χ0n) is 16.3. The number of nitrogens with zero attached hydrogens (tertiary/aromatic N) is 2. The van der Waals surface area contributed by atoms with Gasteiger partial charge in [-0.3, -0.25) is 19.4 Å². The van der Waals surface area contributed by atoms with Crippen LogP contribution in [0, 0.1) is 5.82 Å². The van der Waals surface area contributed by atoms with Crippen molar-refractivity contribution < 1.29 is 14.0 Å². The highest BCUT2D eigenvalue weighted by atomic mass is 19.1. The van der Waals surface area contributed by atoms with Crippen molar-refractivity contribution >= 4 is 11.8 Å². The van der Waals surface area contributed by atoms with E-state index in [-0.39, 0.29) is 36.4 Å². The molecule has 1 unspecified atom stereocenters. The number of amides is 2. The summed E-state index contributed by atoms with van der Waals surface area (Å²) in [6.45, 7) is 1.77. The Hall–Kier alpha value is -3.81. The first-order valence-corrected chi connectivity index (χ1v) is 9.36. The Morgan fingerprint density at radius 2 is 1.87 bits per heavy atom. The highest BCUT2D eigenvalue weighted by Gasteiger charge is 2.14. The van der Waals surface area contributed by atoms with E-state index in [2.05, 4.69) is 15.6 Å². The molecule has 0 aliphatic heterocycles. The van der Waals surface area contributed by atoms with Gasteiger partial charge in [0.2, 0.25) is 5.91 Å². The number of rotatable bonds is 7. The van der Waals surface area contributed by atoms with Gasteiger partial charge in [-0.25, -0.2) is 4.39 Å². The molecular weight excluding hydrogens is 387 g/mol. The van der Waals surface area contributed by atoms with Gasteiger partial charge in [-0.15, -0.1) is 0 Å². The van der Waals surface area contributed by atoms with Crippen molar-refractivity contribution in [1.29, 1.82) is 0 Å². The van der Waals surface area contributed by atoms with Crippen molar-refractivity contribution in [2.24, 2.45) is 0 Å². The number of halogens is 1. The third-order valence-corrected chi connectivity index (χ3v) is 4.44. The molecule has 7 nitrogen and oxygen atoms in total. The van der Waals surface area contributed by atoms with Crippen LogP contribution >= 0.6 is 0 Å². The maximum Gasteiger partial charge on any atom is 0.253 e. The zero-order valence-corrected chi connectivity index (χ0v) is 16.3. The van der Waals surface area contributed by atoms with E-state index >= 15 is 0 Å². The smallest absolute Gasteiger partial charge is 0.253 e. The minimum Gasteiger partial charge on any atom is -0.350 e. The molecular formula is C22H21FN4O3. The van der Waals surface area contributed by atoms with Gasteiger partial charge >= 0.3 is 0 Å². The fourth-order valence-corrected chi connectivity index (χ4v) is 2.79. The Morgan fingerprint density at radius 3 is 2.57 bits per heavy atom. The van der Waals surface area contributed by atoms with Crippen LogP contribution in [0.4, 0.5) is 4.39 Å². The van der Waals surface area contributed by atoms with Crippen molar-refractivity contribution in [2.45, 2.75) is 26.1 Å². The molecule has 3 aromatic rings. The Morgan fingerprint density at radius 1 is 1.10 bits per heavy atom. The first kappa shape index (κ1) is 20.9. The van der Waals surface area contributed by atoms with Crippen LogP contribution in [0.1, 0.15) is 34.6 Å². The summed E-state index contributed by atoms with van der Waals surface area (Å²) in [4.78, 5) is 41.0. The molecule has 0 fully saturated rings. The predicted octanol–water partition coefficient (Wildman–Crippen LogP) is 2.19. The van der Waals surface area contributed by atoms with Crippen molar-refractivity contribution in [2.75, 3.05) is 0 Å². The fourth-order valence-electron chi connectivity index (χ4n) is 2.79. The molecule has 0 saturated heterocycles. The van der Waals surface area contributed by atoms with Crippen LogP contribution in [-0.2, 0) is 17.9 Å². The van der Waals surface area contributed by atoms with Gasteiger partial charge in [-0.2, -0.15) is 0 Å². The lowest BCUT2D eigenvalue weighted by molar-refractivity contribution is -0.121. The maximum absolute atomic E-state index is 12.9. The molecule has 154 valence electrons. The first-order chi connectivity index (χ1) is 14.4. The van der Waals surface area contributed by atoms with E-state index in [1.54, 1.807) is 37.4 Å². The van der Waals surface area contributed by atoms with Gasteiger partial charge in [0.25, 0.3) is 11.5 Å². The molecule has 2 aromatic heterocycles. The Labute approximate surface area is 172 Å². The molecule has 0 aliphatic carbocycles. The molecule has 2 N–H and O–H groups in total. The highest BCUT2D eigenvalue weighted by molar-refractivity contribution is 5.94. The Bertz CT molecular complexity index is 1080. The predicted molar refractivity (Wildman–Crippen MR) is 109 cm³/mol. The minimum absolute atomic E-state index is 0.204. The van der Waals surface area contributed by atoms with Crippen LogP contribution in [0.15, 0.2) is 71.8 Å². The standard InChI is InChI=1S/C22H21FN4O3/c1-15(19-4-2-3-11-24-19)26-22(30)17-7-10-21(29)27(13-17)14-20(28)25-12-16-5-8-18(23)9-6-16/h2-11,13,15H,12,14H2,1H3,(H,25,28)(H,26,30). The van der Waals surface area contributed by atoms with Gasteiger partial charge in [0, 0.05) is 25.0 Å². The van der Waals surface area contributed by atoms with E-state index in [0.717, 1.165) is 5.56 Å². The lowest BCUT2D eigenvalue weighted by atomic mass is 10.2. The minimum atomic E-state index is -0.402. The van der Waals surface area contributed by atoms with Crippen LogP contribution in [0.3, 0.4) is 0 Å². The number of aromatic nitrogens is 2. The van der Waals surface area contributed by atoms with Gasteiger partial charge in [-0.05, 0) is 42.8 Å². The molecule has 2 amide bonds. The van der Waals surface area contributed by atoms with E-state index < -0.39 is 11.5 Å². The van der Waals surface area contributed by atoms with Crippen molar-refractivity contribution in [3.05, 3.63) is 100.0 Å². The van der Waals surface area contributed by atoms with E-state index in [9.17, 15) is 18.8 Å². The summed E-state index contributed by atoms with van der Waals surface area (Å²) in [6, 6.07) is 13.5. The first-order valence-electron chi connectivity index (χ1n) is 9.36. The molecule has 2 heterocycles. The lowest BCUT2D eigenvalue weighted by Gasteiger charge is -2.14. The third kappa shape index (κ3) is 5.60. The number of carbonyl (C=O) groups is 2. The highest BCUT2D eigenvalue weighted by Crippen LogP contribution is 2.09. The number of pyridine rings is 2. The molecule has 30 heavy (non-hydrogen) atoms. The number of hydrogen-bond acceptors (Lipinski definition) is 4. The molecule has 0 spiro atoms. The monoisotopic (exact) mass is 408 g/mol. The summed E-state index contributed by atoms with van der Waals surface area (Å²) in [5.41, 5.74) is 1.29. The molecule has 8 heteroatoms. The maximum atomic E-state index is 12.9. The fraction of sp³-hybridized carbons (Fsp3) is 0.182. The summed E-state index contributed by atoms with van der Waals surface area (Å²) < 4.78 is 14.1. The summed E-state index contributed by atoms with van der Waals surface area (Å²) in [5.74, 6) is -1.14. The van der Waals surface area contributed by atoms with Crippen molar-refractivity contribution in [3.63, 3.8) is 0 Å². The summed E-state index contributed by atoms with van der Waals surface area (Å²) in [5, 5.41) is 5.48. The topological polar surface area (TPSA) is 93.1 Å². The van der Waals surface area contributed by atoms with E-state index in [1.807, 2.05) is 6.07 Å². The average Bonchev–Trinajstić information content (AvgIpc) is 2.75. The molecule has 0 bridgehead atoms. The van der Waals surface area contributed by atoms with E-state index in [4.69, 9.17) is 0 Å². The quantitative estimate of drug-likeness (QED) is 0.627. The molecule has 0 saturated carbocycles. The SMILES string of the molecule is CC(NC(=O)c1ccc(=O)n(CC(=O)NCc2ccc(F)cc2)c1)c1ccccn1. The molecule has 0 aliphatic rings. The van der Waals surface area contributed by atoms with Crippen LogP contribution in [0.5, 0.6) is 0 Å². The molecule has 0 radical (unpaired) electrons. The second kappa shape index (κ2) is 9.60. The van der Waals surface area contributed by atoms with Crippen LogP contribution in [0.25, 0.3) is 0 Å². The summed E-state index contributed by atoms with van der Waals surface area (Å²) in [7, 11) is 0. The van der Waals surface area contributed by atoms with Crippen molar-refractivity contribution in [3.8, 4) is 0 Å². The Balaban J connectivity index is 1.62. The largest absolute Gasteiger partial charge is 0.350 e. The lowest BCUT2D eigenvalue weighted by Crippen LogP contribution is -2.33. The van der Waals surface area contributed by atoms with E-state index in [1.165, 1.54) is 35.0 Å². The number of nitrogens with one attached hydrogen (secondary N) is 2.